The lowest BCUT2D eigenvalue weighted by Crippen LogP contribution is -2.20. The van der Waals surface area contributed by atoms with Gasteiger partial charge in [-0.05, 0) is 18.2 Å². The van der Waals surface area contributed by atoms with E-state index in [1.54, 1.807) is 32.4 Å². The van der Waals surface area contributed by atoms with Crippen molar-refractivity contribution >= 4 is 12.1 Å². The first-order valence-corrected chi connectivity index (χ1v) is 6.43. The van der Waals surface area contributed by atoms with Crippen LogP contribution in [0.5, 0.6) is 11.5 Å². The van der Waals surface area contributed by atoms with E-state index in [4.69, 9.17) is 9.47 Å². The molecule has 1 amide bonds. The first-order chi connectivity index (χ1) is 10.6. The molecule has 0 bridgehead atoms. The Hall–Kier alpha value is -3.03. The number of ether oxygens (including phenoxy) is 2. The number of hydrogen-bond donors (Lipinski definition) is 3. The normalized spacial score (nSPS) is 10.6. The maximum Gasteiger partial charge on any atom is 0.264 e. The number of methoxy groups -OCH3 is 2. The highest BCUT2D eigenvalue weighted by Gasteiger charge is 2.05. The summed E-state index contributed by atoms with van der Waals surface area (Å²) in [6.45, 7) is 0. The number of hydrogen-bond acceptors (Lipinski definition) is 5. The molecule has 8 nitrogen and oxygen atoms in total. The van der Waals surface area contributed by atoms with Gasteiger partial charge in [0.1, 0.15) is 11.5 Å². The van der Waals surface area contributed by atoms with Crippen LogP contribution in [0.25, 0.3) is 0 Å². The highest BCUT2D eigenvalue weighted by atomic mass is 16.5. The SMILES string of the molecule is COc1ccc(OC)c(/C=N\NC(=O)Cc2cc(=O)[nH][nH]2)c1. The van der Waals surface area contributed by atoms with Crippen molar-refractivity contribution < 1.29 is 14.3 Å². The van der Waals surface area contributed by atoms with Crippen LogP contribution in [0.1, 0.15) is 11.3 Å². The molecule has 3 N–H and O–H groups in total. The number of benzene rings is 1. The van der Waals surface area contributed by atoms with Crippen molar-refractivity contribution in [2.45, 2.75) is 6.42 Å². The van der Waals surface area contributed by atoms with Gasteiger partial charge in [-0.3, -0.25) is 14.7 Å². The molecule has 0 saturated carbocycles. The van der Waals surface area contributed by atoms with E-state index in [0.717, 1.165) is 0 Å². The summed E-state index contributed by atoms with van der Waals surface area (Å²) in [5, 5.41) is 8.81. The lowest BCUT2D eigenvalue weighted by Gasteiger charge is -2.06. The average molecular weight is 304 g/mol. The Kier molecular flexibility index (Phi) is 4.97. The van der Waals surface area contributed by atoms with Crippen LogP contribution in [-0.4, -0.2) is 36.5 Å². The molecule has 0 aliphatic heterocycles. The van der Waals surface area contributed by atoms with E-state index in [1.807, 2.05) is 0 Å². The molecular weight excluding hydrogens is 288 g/mol. The summed E-state index contributed by atoms with van der Waals surface area (Å²) in [5.41, 5.74) is 3.24. The van der Waals surface area contributed by atoms with Gasteiger partial charge in [-0.15, -0.1) is 0 Å². The molecule has 0 aliphatic carbocycles. The highest BCUT2D eigenvalue weighted by Crippen LogP contribution is 2.22. The monoisotopic (exact) mass is 304 g/mol. The molecule has 22 heavy (non-hydrogen) atoms. The van der Waals surface area contributed by atoms with Gasteiger partial charge >= 0.3 is 0 Å². The summed E-state index contributed by atoms with van der Waals surface area (Å²) in [6, 6.07) is 6.55. The Bertz CT molecular complexity index is 732. The Morgan fingerprint density at radius 2 is 2.09 bits per heavy atom. The molecule has 0 unspecified atom stereocenters. The third kappa shape index (κ3) is 3.98. The molecule has 1 aromatic carbocycles. The van der Waals surface area contributed by atoms with E-state index >= 15 is 0 Å². The fourth-order valence-electron chi connectivity index (χ4n) is 1.79. The number of nitrogens with one attached hydrogen (secondary N) is 3. The molecular formula is C14H16N4O4. The fraction of sp³-hybridized carbons (Fsp3) is 0.214. The number of aromatic nitrogens is 2. The molecule has 0 aliphatic rings. The van der Waals surface area contributed by atoms with Crippen molar-refractivity contribution in [3.8, 4) is 11.5 Å². The second kappa shape index (κ2) is 7.11. The predicted octanol–water partition coefficient (Wildman–Crippen LogP) is 0.413. The molecule has 2 aromatic rings. The van der Waals surface area contributed by atoms with Gasteiger partial charge < -0.3 is 14.6 Å². The second-order valence-corrected chi connectivity index (χ2v) is 4.36. The molecule has 116 valence electrons. The minimum Gasteiger partial charge on any atom is -0.497 e. The zero-order chi connectivity index (χ0) is 15.9. The topological polar surface area (TPSA) is 109 Å². The Morgan fingerprint density at radius 3 is 2.73 bits per heavy atom. The summed E-state index contributed by atoms with van der Waals surface area (Å²) < 4.78 is 10.3. The number of aromatic amines is 2. The van der Waals surface area contributed by atoms with Gasteiger partial charge in [0.15, 0.2) is 0 Å². The fourth-order valence-corrected chi connectivity index (χ4v) is 1.79. The van der Waals surface area contributed by atoms with Gasteiger partial charge in [-0.2, -0.15) is 5.10 Å². The predicted molar refractivity (Wildman–Crippen MR) is 80.4 cm³/mol. The molecule has 0 atom stereocenters. The number of carbonyl (C=O) groups is 1. The Labute approximate surface area is 126 Å². The van der Waals surface area contributed by atoms with E-state index < -0.39 is 0 Å². The molecule has 8 heteroatoms. The standard InChI is InChI=1S/C14H16N4O4/c1-21-11-3-4-12(22-2)9(5-11)8-15-17-13(19)6-10-7-14(20)18-16-10/h3-5,7-8H,6H2,1-2H3,(H,17,19)(H2,16,18,20)/b15-8-. The zero-order valence-electron chi connectivity index (χ0n) is 12.2. The van der Waals surface area contributed by atoms with Crippen molar-refractivity contribution in [2.24, 2.45) is 5.10 Å². The highest BCUT2D eigenvalue weighted by molar-refractivity contribution is 5.86. The lowest BCUT2D eigenvalue weighted by atomic mass is 10.2. The van der Waals surface area contributed by atoms with Crippen molar-refractivity contribution in [2.75, 3.05) is 14.2 Å². The maximum atomic E-state index is 11.7. The van der Waals surface area contributed by atoms with Crippen LogP contribution in [-0.2, 0) is 11.2 Å². The zero-order valence-corrected chi connectivity index (χ0v) is 12.2. The van der Waals surface area contributed by atoms with Crippen LogP contribution in [0.15, 0.2) is 34.2 Å². The Balaban J connectivity index is 1.99. The first kappa shape index (κ1) is 15.4. The second-order valence-electron chi connectivity index (χ2n) is 4.36. The van der Waals surface area contributed by atoms with Crippen LogP contribution in [0.3, 0.4) is 0 Å². The number of H-pyrrole nitrogens is 2. The van der Waals surface area contributed by atoms with E-state index in [0.29, 0.717) is 22.8 Å². The van der Waals surface area contributed by atoms with Crippen LogP contribution in [0, 0.1) is 0 Å². The van der Waals surface area contributed by atoms with Gasteiger partial charge in [0.05, 0.1) is 26.9 Å². The minimum atomic E-state index is -0.353. The van der Waals surface area contributed by atoms with Crippen molar-refractivity contribution in [1.82, 2.24) is 15.6 Å². The number of rotatable bonds is 6. The van der Waals surface area contributed by atoms with Gasteiger partial charge in [-0.25, -0.2) is 5.43 Å². The summed E-state index contributed by atoms with van der Waals surface area (Å²) in [6.07, 6.45) is 1.48. The number of hydrazone groups is 1. The average Bonchev–Trinajstić information content (AvgIpc) is 2.92. The molecule has 1 heterocycles. The maximum absolute atomic E-state index is 11.7. The van der Waals surface area contributed by atoms with E-state index in [-0.39, 0.29) is 17.9 Å². The number of carbonyl (C=O) groups excluding carboxylic acids is 1. The lowest BCUT2D eigenvalue weighted by molar-refractivity contribution is -0.120. The largest absolute Gasteiger partial charge is 0.497 e. The van der Waals surface area contributed by atoms with E-state index in [1.165, 1.54) is 12.3 Å². The van der Waals surface area contributed by atoms with Gasteiger partial charge in [0.2, 0.25) is 5.91 Å². The van der Waals surface area contributed by atoms with Crippen LogP contribution in [0.4, 0.5) is 0 Å². The van der Waals surface area contributed by atoms with Crippen LogP contribution in [0.2, 0.25) is 0 Å². The molecule has 0 spiro atoms. The van der Waals surface area contributed by atoms with Crippen molar-refractivity contribution in [3.05, 3.63) is 45.9 Å². The van der Waals surface area contributed by atoms with Gasteiger partial charge in [0, 0.05) is 17.3 Å². The molecule has 2 rings (SSSR count). The molecule has 1 aromatic heterocycles. The van der Waals surface area contributed by atoms with E-state index in [2.05, 4.69) is 20.7 Å². The van der Waals surface area contributed by atoms with E-state index in [9.17, 15) is 9.59 Å². The summed E-state index contributed by atoms with van der Waals surface area (Å²) in [7, 11) is 3.10. The number of nitrogens with zero attached hydrogens (tertiary/aromatic N) is 1. The quantitative estimate of drug-likeness (QED) is 0.530. The Morgan fingerprint density at radius 1 is 1.27 bits per heavy atom. The summed E-state index contributed by atoms with van der Waals surface area (Å²) >= 11 is 0. The minimum absolute atomic E-state index is 0.0192. The summed E-state index contributed by atoms with van der Waals surface area (Å²) in [4.78, 5) is 22.6. The molecule has 0 radical (unpaired) electrons. The number of amides is 1. The first-order valence-electron chi connectivity index (χ1n) is 6.43. The molecule has 0 saturated heterocycles. The van der Waals surface area contributed by atoms with Crippen molar-refractivity contribution in [3.63, 3.8) is 0 Å². The van der Waals surface area contributed by atoms with Crippen LogP contribution < -0.4 is 20.5 Å². The van der Waals surface area contributed by atoms with Gasteiger partial charge in [-0.1, -0.05) is 0 Å². The van der Waals surface area contributed by atoms with Crippen LogP contribution >= 0.6 is 0 Å². The third-order valence-electron chi connectivity index (χ3n) is 2.83. The van der Waals surface area contributed by atoms with Gasteiger partial charge in [0.25, 0.3) is 5.56 Å². The smallest absolute Gasteiger partial charge is 0.264 e. The molecule has 0 fully saturated rings. The van der Waals surface area contributed by atoms with Crippen molar-refractivity contribution in [1.29, 1.82) is 0 Å². The third-order valence-corrected chi connectivity index (χ3v) is 2.83. The summed E-state index contributed by atoms with van der Waals surface area (Å²) in [5.74, 6) is 0.903.